The summed E-state index contributed by atoms with van der Waals surface area (Å²) in [6, 6.07) is 26.5. The first-order valence-corrected chi connectivity index (χ1v) is 47.7. The summed E-state index contributed by atoms with van der Waals surface area (Å²) in [5, 5.41) is 34.2. The van der Waals surface area contributed by atoms with Gasteiger partial charge in [-0.2, -0.15) is 25.5 Å². The summed E-state index contributed by atoms with van der Waals surface area (Å²) >= 11 is 0. The summed E-state index contributed by atoms with van der Waals surface area (Å²) in [5.41, 5.74) is 25.9. The summed E-state index contributed by atoms with van der Waals surface area (Å²) in [5.74, 6) is 1.02. The van der Waals surface area contributed by atoms with Crippen molar-refractivity contribution in [2.75, 3.05) is 0 Å². The topological polar surface area (TPSA) is 305 Å². The summed E-state index contributed by atoms with van der Waals surface area (Å²) in [4.78, 5) is 56.0. The highest BCUT2D eigenvalue weighted by Crippen LogP contribution is 2.35. The highest BCUT2D eigenvalue weighted by atomic mass is 15.3. The minimum Gasteiger partial charge on any atom is -0.335 e. The van der Waals surface area contributed by atoms with E-state index in [-0.39, 0.29) is 48.7 Å². The number of rotatable bonds is 0. The number of aryl methyl sites for hydroxylation is 9. The molecule has 0 saturated carbocycles. The SMILES string of the molecule is CC(C)(C)C.CC(C)(C)c1ccc2cccn2n1.CC(C)(C)c1ccn2cnnc2c1.Cc1cnn2c(C(C)(C)C)c(C)nc2c1.Cc1nc(C(C)(C)C)c2cnccn12.Cn1cc(C(C)(C)C)c2nccnc21.Cn1ccc2c(C(C)(C)C)ncnc21.Cn1cnc2cccnc21.Cn1nc(C(C)(C)C)c2cccnc21.Cn1ncc2c(C(C)(C)C)ccnc21.Cn1ncc2c(C(C)(C)C)ncnc21. The van der Waals surface area contributed by atoms with E-state index in [2.05, 4.69) is 380 Å². The number of nitrogens with zero attached hydrogens (tertiary/aromatic N) is 30. The number of hydrogen-bond acceptors (Lipinski definition) is 20. The van der Waals surface area contributed by atoms with Gasteiger partial charge in [0.25, 0.3) is 0 Å². The predicted molar refractivity (Wildman–Crippen MR) is 571 cm³/mol. The molecule has 0 bridgehead atoms. The molecule has 0 radical (unpaired) electrons. The zero-order chi connectivity index (χ0) is 104. The number of pyridine rings is 4. The van der Waals surface area contributed by atoms with Crippen molar-refractivity contribution >= 4 is 88.8 Å². The molecule has 0 atom stereocenters. The van der Waals surface area contributed by atoms with Gasteiger partial charge >= 0.3 is 0 Å². The Labute approximate surface area is 827 Å². The van der Waals surface area contributed by atoms with Crippen LogP contribution in [-0.2, 0) is 91.0 Å². The zero-order valence-corrected chi connectivity index (χ0v) is 90.9. The third-order valence-electron chi connectivity index (χ3n) is 22.4. The van der Waals surface area contributed by atoms with Crippen molar-refractivity contribution in [2.24, 2.45) is 47.7 Å². The highest BCUT2D eigenvalue weighted by Gasteiger charge is 2.28. The van der Waals surface area contributed by atoms with Crippen LogP contribution < -0.4 is 0 Å². The van der Waals surface area contributed by atoms with Crippen molar-refractivity contribution in [2.45, 2.75) is 284 Å². The fourth-order valence-corrected chi connectivity index (χ4v) is 15.4. The van der Waals surface area contributed by atoms with Crippen molar-refractivity contribution in [3.8, 4) is 0 Å². The molecule has 20 rings (SSSR count). The first kappa shape index (κ1) is 108. The van der Waals surface area contributed by atoms with E-state index < -0.39 is 0 Å². The second kappa shape index (κ2) is 42.9. The number of hydrogen-bond donors (Lipinski definition) is 0. The van der Waals surface area contributed by atoms with E-state index in [9.17, 15) is 0 Å². The summed E-state index contributed by atoms with van der Waals surface area (Å²) < 4.78 is 19.2. The second-order valence-corrected chi connectivity index (χ2v) is 46.5. The van der Waals surface area contributed by atoms with Gasteiger partial charge in [0.05, 0.1) is 87.4 Å². The molecular formula is C110H152N30. The Kier molecular flexibility index (Phi) is 33.2. The first-order valence-electron chi connectivity index (χ1n) is 47.7. The van der Waals surface area contributed by atoms with E-state index in [0.717, 1.165) is 134 Å². The van der Waals surface area contributed by atoms with E-state index in [1.54, 1.807) is 61.0 Å². The molecule has 0 spiro atoms. The van der Waals surface area contributed by atoms with Crippen molar-refractivity contribution in [3.63, 3.8) is 0 Å². The van der Waals surface area contributed by atoms with Crippen molar-refractivity contribution in [1.29, 1.82) is 0 Å². The molecule has 30 nitrogen and oxygen atoms in total. The van der Waals surface area contributed by atoms with E-state index in [1.807, 2.05) is 180 Å². The second-order valence-electron chi connectivity index (χ2n) is 46.5. The van der Waals surface area contributed by atoms with E-state index in [1.165, 1.54) is 22.4 Å². The van der Waals surface area contributed by atoms with Gasteiger partial charge in [-0.1, -0.05) is 215 Å². The van der Waals surface area contributed by atoms with Crippen LogP contribution in [0.1, 0.15) is 283 Å². The lowest BCUT2D eigenvalue weighted by Gasteiger charge is -2.19. The molecule has 140 heavy (non-hydrogen) atoms. The molecule has 0 aliphatic heterocycles. The van der Waals surface area contributed by atoms with Crippen LogP contribution in [0.2, 0.25) is 0 Å². The average molecular weight is 1890 g/mol. The first-order chi connectivity index (χ1) is 64.9. The number of fused-ring (bicyclic) bond motifs is 10. The highest BCUT2D eigenvalue weighted by molar-refractivity contribution is 5.82. The van der Waals surface area contributed by atoms with Crippen molar-refractivity contribution < 1.29 is 0 Å². The van der Waals surface area contributed by atoms with Crippen molar-refractivity contribution in [1.82, 2.24) is 146 Å². The molecule has 0 unspecified atom stereocenters. The van der Waals surface area contributed by atoms with Crippen LogP contribution in [0.25, 0.3) is 88.8 Å². The van der Waals surface area contributed by atoms with E-state index >= 15 is 0 Å². The van der Waals surface area contributed by atoms with Crippen molar-refractivity contribution in [3.05, 3.63) is 265 Å². The maximum atomic E-state index is 4.58. The molecular weight excluding hydrogens is 1740 g/mol. The Hall–Kier alpha value is -13.8. The molecule has 742 valence electrons. The summed E-state index contributed by atoms with van der Waals surface area (Å²) in [7, 11) is 11.7. The lowest BCUT2D eigenvalue weighted by Crippen LogP contribution is -2.16. The zero-order valence-electron chi connectivity index (χ0n) is 90.9. The van der Waals surface area contributed by atoms with Crippen LogP contribution in [0.5, 0.6) is 0 Å². The summed E-state index contributed by atoms with van der Waals surface area (Å²) in [6.45, 7) is 73.6. The Bertz CT molecular complexity index is 6960. The molecule has 0 aliphatic rings. The number of imidazole rings is 3. The third kappa shape index (κ3) is 27.6. The van der Waals surface area contributed by atoms with Gasteiger partial charge in [0.15, 0.2) is 39.5 Å². The number of aromatic nitrogens is 30. The molecule has 20 heterocycles. The van der Waals surface area contributed by atoms with Gasteiger partial charge in [-0.05, 0) is 138 Å². The quantitative estimate of drug-likeness (QED) is 0.136. The lowest BCUT2D eigenvalue weighted by molar-refractivity contribution is 0.469. The van der Waals surface area contributed by atoms with Crippen LogP contribution in [0.4, 0.5) is 0 Å². The Morgan fingerprint density at radius 2 is 0.907 bits per heavy atom. The minimum atomic E-state index is 0.0320. The van der Waals surface area contributed by atoms with Gasteiger partial charge in [-0.25, -0.2) is 63.9 Å². The molecule has 20 aromatic heterocycles. The lowest BCUT2D eigenvalue weighted by atomic mass is 9.86. The Morgan fingerprint density at radius 3 is 1.51 bits per heavy atom. The maximum Gasteiger partial charge on any atom is 0.161 e. The standard InChI is InChI=1S/C12H17N3.5C11H15N3.C11H14N2.C10H14N4.C10H13N3.C7H7N3.C5H12/c1-8-6-10-14-9(2)11(12(3,4)5)15(10)13-7-8;1-11(2,3)8-7-14(4)10-9(8)12-5-6-13-10;1-11(2,3)9-5-6-12-10-8(9)7-13-14(10)4;1-11(2,3)9-8-5-6-14(4)10(8)13-7-12-9;1-8-13-10(11(2,3)4)9-7-12-5-6-14(8)9;1-11(2,3)9-8-6-5-7-12-10(8)14(4)13-9;1-11(2,3)10-7-6-9-5-4-8-13(9)12-10;1-10(2,3)8-7-5-13-14(4)9(7)12-6-11-8;1-10(2,3)8-4-5-13-7-11-12-9(13)6-8;1-10-5-9-6-3-2-4-8-7(6)10;1-5(2,3)4/h6-7H,1-5H3;5*5-7H,1-4H3;4-8H,1-3H3;5-6H,1-4H3;4-7H,1-3H3;2-5H,1H3;1-4H3. The van der Waals surface area contributed by atoms with Crippen LogP contribution in [0.3, 0.4) is 0 Å². The molecule has 0 N–H and O–H groups in total. The Balaban J connectivity index is 0.000000159. The molecule has 0 amide bonds. The van der Waals surface area contributed by atoms with Gasteiger partial charge in [-0.15, -0.1) is 10.2 Å². The summed E-state index contributed by atoms with van der Waals surface area (Å²) in [6.07, 6.45) is 34.9. The Morgan fingerprint density at radius 1 is 0.343 bits per heavy atom. The van der Waals surface area contributed by atoms with Crippen LogP contribution in [0.15, 0.2) is 197 Å². The third-order valence-corrected chi connectivity index (χ3v) is 22.4. The average Bonchev–Trinajstić information content (AvgIpc) is 1.60. The fraction of sp³-hybridized carbons (Fsp3) is 0.455. The molecule has 0 aromatic carbocycles. The molecule has 0 aliphatic carbocycles. The van der Waals surface area contributed by atoms with Crippen LogP contribution in [0, 0.1) is 26.2 Å². The molecule has 0 fully saturated rings. The molecule has 0 saturated heterocycles. The predicted octanol–water partition coefficient (Wildman–Crippen LogP) is 23.4. The van der Waals surface area contributed by atoms with Gasteiger partial charge in [-0.3, -0.25) is 28.4 Å². The molecule has 20 aromatic rings. The molecule has 30 heteroatoms. The van der Waals surface area contributed by atoms with Crippen LogP contribution >= 0.6 is 0 Å². The fourth-order valence-electron chi connectivity index (χ4n) is 15.4. The monoisotopic (exact) mass is 1890 g/mol. The van der Waals surface area contributed by atoms with Gasteiger partial charge < -0.3 is 18.1 Å². The van der Waals surface area contributed by atoms with Gasteiger partial charge in [0.1, 0.15) is 41.5 Å². The van der Waals surface area contributed by atoms with Gasteiger partial charge in [0, 0.05) is 165 Å². The minimum absolute atomic E-state index is 0.0320. The normalized spacial score (nSPS) is 12.1. The van der Waals surface area contributed by atoms with Crippen LogP contribution in [-0.4, -0.2) is 146 Å². The maximum absolute atomic E-state index is 4.58. The smallest absolute Gasteiger partial charge is 0.161 e. The van der Waals surface area contributed by atoms with E-state index in [0.29, 0.717) is 5.41 Å². The largest absolute Gasteiger partial charge is 0.335 e. The van der Waals surface area contributed by atoms with E-state index in [4.69, 9.17) is 0 Å². The van der Waals surface area contributed by atoms with Gasteiger partial charge in [0.2, 0.25) is 0 Å².